The van der Waals surface area contributed by atoms with Crippen molar-refractivity contribution in [2.45, 2.75) is 12.8 Å². The van der Waals surface area contributed by atoms with Crippen LogP contribution in [0.3, 0.4) is 0 Å². The van der Waals surface area contributed by atoms with Crippen molar-refractivity contribution in [1.29, 1.82) is 5.26 Å². The molecule has 1 aliphatic rings. The predicted molar refractivity (Wildman–Crippen MR) is 103 cm³/mol. The molecule has 1 saturated heterocycles. The van der Waals surface area contributed by atoms with Crippen molar-refractivity contribution in [3.63, 3.8) is 0 Å². The van der Waals surface area contributed by atoms with E-state index in [2.05, 4.69) is 31.2 Å². The van der Waals surface area contributed by atoms with E-state index in [9.17, 15) is 5.26 Å². The molecule has 3 N–H and O–H groups in total. The first kappa shape index (κ1) is 16.8. The SMILES string of the molecule is N#CC1CCCN(c2nc3c(Cl)cnc(Nc4cc(N)ncn4)c3s2)C1. The number of fused-ring (bicyclic) bond motifs is 1. The number of piperidine rings is 1. The van der Waals surface area contributed by atoms with Crippen molar-refractivity contribution >= 4 is 55.7 Å². The molecule has 1 unspecified atom stereocenters. The summed E-state index contributed by atoms with van der Waals surface area (Å²) in [6.45, 7) is 1.57. The molecular formula is C16H15ClN8S. The Labute approximate surface area is 158 Å². The maximum absolute atomic E-state index is 9.21. The van der Waals surface area contributed by atoms with Crippen LogP contribution in [0.2, 0.25) is 5.02 Å². The maximum Gasteiger partial charge on any atom is 0.186 e. The number of thiazole rings is 1. The molecule has 132 valence electrons. The van der Waals surface area contributed by atoms with E-state index < -0.39 is 0 Å². The topological polar surface area (TPSA) is 117 Å². The number of rotatable bonds is 3. The highest BCUT2D eigenvalue weighted by atomic mass is 35.5. The summed E-state index contributed by atoms with van der Waals surface area (Å²) in [6, 6.07) is 3.99. The van der Waals surface area contributed by atoms with E-state index in [-0.39, 0.29) is 5.92 Å². The summed E-state index contributed by atoms with van der Waals surface area (Å²) >= 11 is 7.80. The Morgan fingerprint density at radius 2 is 2.27 bits per heavy atom. The average molecular weight is 387 g/mol. The Balaban J connectivity index is 1.70. The Bertz CT molecular complexity index is 998. The van der Waals surface area contributed by atoms with Crippen LogP contribution in [0.4, 0.5) is 22.6 Å². The smallest absolute Gasteiger partial charge is 0.186 e. The van der Waals surface area contributed by atoms with Gasteiger partial charge in [-0.25, -0.2) is 19.9 Å². The summed E-state index contributed by atoms with van der Waals surface area (Å²) in [5.74, 6) is 1.56. The van der Waals surface area contributed by atoms with Gasteiger partial charge in [0.1, 0.15) is 28.2 Å². The molecule has 0 spiro atoms. The van der Waals surface area contributed by atoms with E-state index in [0.29, 0.717) is 34.5 Å². The number of nitrogens with two attached hydrogens (primary N) is 1. The van der Waals surface area contributed by atoms with E-state index in [1.165, 1.54) is 17.7 Å². The lowest BCUT2D eigenvalue weighted by Gasteiger charge is -2.28. The molecule has 1 atom stereocenters. The zero-order chi connectivity index (χ0) is 18.1. The van der Waals surface area contributed by atoms with Crippen LogP contribution in [0, 0.1) is 17.2 Å². The molecule has 4 heterocycles. The maximum atomic E-state index is 9.21. The summed E-state index contributed by atoms with van der Waals surface area (Å²) in [6.07, 6.45) is 4.86. The number of pyridine rings is 1. The van der Waals surface area contributed by atoms with Crippen LogP contribution >= 0.6 is 22.9 Å². The molecule has 3 aromatic heterocycles. The lowest BCUT2D eigenvalue weighted by atomic mass is 10.0. The first-order valence-corrected chi connectivity index (χ1v) is 9.27. The van der Waals surface area contributed by atoms with Gasteiger partial charge in [-0.05, 0) is 12.8 Å². The average Bonchev–Trinajstić information content (AvgIpc) is 3.11. The van der Waals surface area contributed by atoms with Gasteiger partial charge >= 0.3 is 0 Å². The summed E-state index contributed by atoms with van der Waals surface area (Å²) in [4.78, 5) is 19.2. The van der Waals surface area contributed by atoms with E-state index >= 15 is 0 Å². The van der Waals surface area contributed by atoms with Crippen LogP contribution < -0.4 is 16.0 Å². The molecule has 1 aliphatic heterocycles. The van der Waals surface area contributed by atoms with E-state index in [0.717, 1.165) is 29.2 Å². The van der Waals surface area contributed by atoms with Gasteiger partial charge in [0.05, 0.1) is 23.2 Å². The first-order chi connectivity index (χ1) is 12.6. The third-order valence-electron chi connectivity index (χ3n) is 4.17. The summed E-state index contributed by atoms with van der Waals surface area (Å²) in [5.41, 5.74) is 6.39. The molecule has 8 nitrogen and oxygen atoms in total. The van der Waals surface area contributed by atoms with Gasteiger partial charge in [0, 0.05) is 19.2 Å². The summed E-state index contributed by atoms with van der Waals surface area (Å²) < 4.78 is 0.837. The van der Waals surface area contributed by atoms with Gasteiger partial charge in [0.2, 0.25) is 0 Å². The third kappa shape index (κ3) is 3.21. The fraction of sp³-hybridized carbons (Fsp3) is 0.312. The molecule has 4 rings (SSSR count). The van der Waals surface area contributed by atoms with Crippen LogP contribution in [0.5, 0.6) is 0 Å². The molecule has 0 radical (unpaired) electrons. The normalized spacial score (nSPS) is 17.2. The summed E-state index contributed by atoms with van der Waals surface area (Å²) in [5, 5.41) is 13.7. The number of nitriles is 1. The number of nitrogens with one attached hydrogen (secondary N) is 1. The molecule has 0 aliphatic carbocycles. The minimum atomic E-state index is 0.0333. The Morgan fingerprint density at radius 3 is 3.08 bits per heavy atom. The van der Waals surface area contributed by atoms with Crippen LogP contribution in [-0.4, -0.2) is 33.0 Å². The number of anilines is 4. The second-order valence-corrected chi connectivity index (χ2v) is 7.38. The minimum Gasteiger partial charge on any atom is -0.384 e. The zero-order valence-corrected chi connectivity index (χ0v) is 15.3. The van der Waals surface area contributed by atoms with Gasteiger partial charge in [0.15, 0.2) is 10.9 Å². The highest BCUT2D eigenvalue weighted by Gasteiger charge is 2.23. The van der Waals surface area contributed by atoms with Crippen molar-refractivity contribution in [3.05, 3.63) is 23.6 Å². The van der Waals surface area contributed by atoms with Crippen molar-refractivity contribution in [2.75, 3.05) is 29.0 Å². The van der Waals surface area contributed by atoms with E-state index in [1.54, 1.807) is 12.3 Å². The molecule has 26 heavy (non-hydrogen) atoms. The lowest BCUT2D eigenvalue weighted by Crippen LogP contribution is -2.34. The Morgan fingerprint density at radius 1 is 1.38 bits per heavy atom. The largest absolute Gasteiger partial charge is 0.384 e. The number of nitrogens with zero attached hydrogens (tertiary/aromatic N) is 6. The highest BCUT2D eigenvalue weighted by Crippen LogP contribution is 2.38. The van der Waals surface area contributed by atoms with Crippen LogP contribution in [-0.2, 0) is 0 Å². The van der Waals surface area contributed by atoms with Gasteiger partial charge < -0.3 is 16.0 Å². The molecule has 0 aromatic carbocycles. The van der Waals surface area contributed by atoms with E-state index in [4.69, 9.17) is 22.3 Å². The number of halogens is 1. The van der Waals surface area contributed by atoms with E-state index in [1.807, 2.05) is 0 Å². The second-order valence-electron chi connectivity index (χ2n) is 6.00. The fourth-order valence-corrected chi connectivity index (χ4v) is 4.22. The van der Waals surface area contributed by atoms with Crippen molar-refractivity contribution in [3.8, 4) is 6.07 Å². The number of nitrogen functional groups attached to an aromatic ring is 1. The van der Waals surface area contributed by atoms with Crippen LogP contribution in [0.15, 0.2) is 18.6 Å². The molecule has 3 aromatic rings. The standard InChI is InChI=1S/C16H15ClN8S/c17-10-6-20-15(23-12-4-11(19)21-8-22-12)14-13(10)24-16(26-14)25-3-1-2-9(5-18)7-25/h4,6,8-9H,1-3,7H2,(H3,19,20,21,22,23). The molecular weight excluding hydrogens is 372 g/mol. The fourth-order valence-electron chi connectivity index (χ4n) is 2.91. The van der Waals surface area contributed by atoms with Gasteiger partial charge in [-0.15, -0.1) is 0 Å². The van der Waals surface area contributed by atoms with Crippen molar-refractivity contribution in [1.82, 2.24) is 19.9 Å². The van der Waals surface area contributed by atoms with Gasteiger partial charge in [-0.2, -0.15) is 5.26 Å². The van der Waals surface area contributed by atoms with Gasteiger partial charge in [-0.3, -0.25) is 0 Å². The van der Waals surface area contributed by atoms with Crippen molar-refractivity contribution < 1.29 is 0 Å². The monoisotopic (exact) mass is 386 g/mol. The van der Waals surface area contributed by atoms with Crippen LogP contribution in [0.1, 0.15) is 12.8 Å². The number of hydrogen-bond acceptors (Lipinski definition) is 9. The Hall–Kier alpha value is -2.70. The van der Waals surface area contributed by atoms with Gasteiger partial charge in [-0.1, -0.05) is 22.9 Å². The highest BCUT2D eigenvalue weighted by molar-refractivity contribution is 7.22. The molecule has 0 saturated carbocycles. The number of hydrogen-bond donors (Lipinski definition) is 2. The van der Waals surface area contributed by atoms with Crippen molar-refractivity contribution in [2.24, 2.45) is 5.92 Å². The van der Waals surface area contributed by atoms with Gasteiger partial charge in [0.25, 0.3) is 0 Å². The number of aromatic nitrogens is 4. The molecule has 0 amide bonds. The molecule has 0 bridgehead atoms. The quantitative estimate of drug-likeness (QED) is 0.704. The minimum absolute atomic E-state index is 0.0333. The molecule has 1 fully saturated rings. The van der Waals surface area contributed by atoms with Crippen LogP contribution in [0.25, 0.3) is 10.2 Å². The second kappa shape index (κ2) is 6.90. The zero-order valence-electron chi connectivity index (χ0n) is 13.7. The lowest BCUT2D eigenvalue weighted by molar-refractivity contribution is 0.493. The predicted octanol–water partition coefficient (Wildman–Crippen LogP) is 3.20. The first-order valence-electron chi connectivity index (χ1n) is 8.08. The summed E-state index contributed by atoms with van der Waals surface area (Å²) in [7, 11) is 0. The molecule has 10 heteroatoms. The Kier molecular flexibility index (Phi) is 4.44. The third-order valence-corrected chi connectivity index (χ3v) is 5.57.